The molecule has 2 aliphatic heterocycles. The zero-order valence-corrected chi connectivity index (χ0v) is 11.1. The van der Waals surface area contributed by atoms with E-state index in [1.165, 1.54) is 0 Å². The molecule has 3 aliphatic rings. The zero-order chi connectivity index (χ0) is 13.3. The van der Waals surface area contributed by atoms with Gasteiger partial charge in [-0.15, -0.1) is 0 Å². The summed E-state index contributed by atoms with van der Waals surface area (Å²) >= 11 is 0. The maximum Gasteiger partial charge on any atom is 0.407 e. The molecule has 0 aromatic rings. The van der Waals surface area contributed by atoms with Crippen LogP contribution in [-0.2, 0) is 9.53 Å². The minimum atomic E-state index is -0.360. The Morgan fingerprint density at radius 3 is 2.84 bits per heavy atom. The SMILES string of the molecule is O=C1NCC2(CCN(C(=O)C[C@@H]3C=CCC3)CC2)O1. The molecular formula is C14H20N2O3. The average Bonchev–Trinajstić information content (AvgIpc) is 3.01. The van der Waals surface area contributed by atoms with E-state index in [0.29, 0.717) is 32.0 Å². The number of ether oxygens (including phenoxy) is 1. The van der Waals surface area contributed by atoms with E-state index in [9.17, 15) is 9.59 Å². The summed E-state index contributed by atoms with van der Waals surface area (Å²) in [5.74, 6) is 0.665. The van der Waals surface area contributed by atoms with Crippen molar-refractivity contribution in [3.63, 3.8) is 0 Å². The topological polar surface area (TPSA) is 58.6 Å². The Morgan fingerprint density at radius 2 is 2.26 bits per heavy atom. The minimum absolute atomic E-state index is 0.240. The molecule has 1 atom stereocenters. The Hall–Kier alpha value is -1.52. The first-order chi connectivity index (χ1) is 9.17. The molecule has 0 saturated carbocycles. The summed E-state index contributed by atoms with van der Waals surface area (Å²) in [7, 11) is 0. The third-order valence-electron chi connectivity index (χ3n) is 4.44. The average molecular weight is 264 g/mol. The molecule has 2 fully saturated rings. The van der Waals surface area contributed by atoms with Gasteiger partial charge < -0.3 is 15.0 Å². The van der Waals surface area contributed by atoms with E-state index in [0.717, 1.165) is 25.7 Å². The lowest BCUT2D eigenvalue weighted by Gasteiger charge is -2.37. The van der Waals surface area contributed by atoms with Crippen LogP contribution < -0.4 is 5.32 Å². The Labute approximate surface area is 113 Å². The van der Waals surface area contributed by atoms with Gasteiger partial charge in [0, 0.05) is 32.4 Å². The van der Waals surface area contributed by atoms with Crippen LogP contribution in [0.2, 0.25) is 0 Å². The first-order valence-electron chi connectivity index (χ1n) is 7.08. The lowest BCUT2D eigenvalue weighted by Crippen LogP contribution is -2.48. The standard InChI is InChI=1S/C14H20N2O3/c17-12(9-11-3-1-2-4-11)16-7-5-14(6-8-16)10-15-13(18)19-14/h1,3,11H,2,4-10H2,(H,15,18)/t11-/m1/s1. The Bertz CT molecular complexity index is 411. The number of rotatable bonds is 2. The van der Waals surface area contributed by atoms with Gasteiger partial charge in [0.25, 0.3) is 0 Å². The summed E-state index contributed by atoms with van der Waals surface area (Å²) in [6, 6.07) is 0. The highest BCUT2D eigenvalue weighted by Gasteiger charge is 2.43. The summed E-state index contributed by atoms with van der Waals surface area (Å²) < 4.78 is 5.35. The number of nitrogens with zero attached hydrogens (tertiary/aromatic N) is 1. The molecule has 0 radical (unpaired) electrons. The van der Waals surface area contributed by atoms with Crippen LogP contribution in [0.5, 0.6) is 0 Å². The van der Waals surface area contributed by atoms with E-state index < -0.39 is 0 Å². The fraction of sp³-hybridized carbons (Fsp3) is 0.714. The number of likely N-dealkylation sites (tertiary alicyclic amines) is 1. The van der Waals surface area contributed by atoms with Gasteiger partial charge in [-0.25, -0.2) is 4.79 Å². The van der Waals surface area contributed by atoms with Crippen molar-refractivity contribution in [3.05, 3.63) is 12.2 Å². The van der Waals surface area contributed by atoms with Crippen LogP contribution in [0, 0.1) is 5.92 Å². The number of allylic oxidation sites excluding steroid dienone is 2. The molecule has 0 aromatic carbocycles. The van der Waals surface area contributed by atoms with Crippen LogP contribution in [0.4, 0.5) is 4.79 Å². The van der Waals surface area contributed by atoms with E-state index in [1.807, 2.05) is 4.90 Å². The maximum absolute atomic E-state index is 12.2. The number of nitrogens with one attached hydrogen (secondary N) is 1. The van der Waals surface area contributed by atoms with Crippen LogP contribution in [0.25, 0.3) is 0 Å². The lowest BCUT2D eigenvalue weighted by atomic mass is 9.91. The first kappa shape index (κ1) is 12.5. The molecular weight excluding hydrogens is 244 g/mol. The van der Waals surface area contributed by atoms with Crippen LogP contribution in [-0.4, -0.2) is 42.1 Å². The largest absolute Gasteiger partial charge is 0.441 e. The van der Waals surface area contributed by atoms with E-state index in [1.54, 1.807) is 0 Å². The van der Waals surface area contributed by atoms with Gasteiger partial charge in [-0.2, -0.15) is 0 Å². The van der Waals surface area contributed by atoms with E-state index in [4.69, 9.17) is 4.74 Å². The molecule has 0 bridgehead atoms. The smallest absolute Gasteiger partial charge is 0.407 e. The second kappa shape index (κ2) is 4.87. The third-order valence-corrected chi connectivity index (χ3v) is 4.44. The molecule has 3 rings (SSSR count). The Balaban J connectivity index is 1.50. The summed E-state index contributed by atoms with van der Waals surface area (Å²) in [6.07, 6.45) is 8.32. The highest BCUT2D eigenvalue weighted by molar-refractivity contribution is 5.77. The molecule has 5 nitrogen and oxygen atoms in total. The van der Waals surface area contributed by atoms with Crippen LogP contribution in [0.15, 0.2) is 12.2 Å². The highest BCUT2D eigenvalue weighted by Crippen LogP contribution is 2.30. The molecule has 1 aliphatic carbocycles. The number of piperidine rings is 1. The number of alkyl carbamates (subject to hydrolysis) is 1. The van der Waals surface area contributed by atoms with Gasteiger partial charge in [0.1, 0.15) is 5.60 Å². The predicted octanol–water partition coefficient (Wildman–Crippen LogP) is 1.44. The van der Waals surface area contributed by atoms with Crippen LogP contribution in [0.1, 0.15) is 32.1 Å². The third kappa shape index (κ3) is 2.60. The maximum atomic E-state index is 12.2. The van der Waals surface area contributed by atoms with Gasteiger partial charge in [-0.05, 0) is 18.8 Å². The van der Waals surface area contributed by atoms with Crippen molar-refractivity contribution in [1.82, 2.24) is 10.2 Å². The van der Waals surface area contributed by atoms with Crippen LogP contribution in [0.3, 0.4) is 0 Å². The number of carbonyl (C=O) groups is 2. The Kier molecular flexibility index (Phi) is 3.21. The molecule has 0 aromatic heterocycles. The quantitative estimate of drug-likeness (QED) is 0.768. The van der Waals surface area contributed by atoms with Crippen molar-refractivity contribution in [2.75, 3.05) is 19.6 Å². The van der Waals surface area contributed by atoms with E-state index in [-0.39, 0.29) is 17.6 Å². The van der Waals surface area contributed by atoms with Gasteiger partial charge in [0.05, 0.1) is 6.54 Å². The van der Waals surface area contributed by atoms with Crippen molar-refractivity contribution in [1.29, 1.82) is 0 Å². The van der Waals surface area contributed by atoms with E-state index in [2.05, 4.69) is 17.5 Å². The van der Waals surface area contributed by atoms with Crippen molar-refractivity contribution >= 4 is 12.0 Å². The molecule has 104 valence electrons. The zero-order valence-electron chi connectivity index (χ0n) is 11.1. The predicted molar refractivity (Wildman–Crippen MR) is 69.5 cm³/mol. The number of carbonyl (C=O) groups excluding carboxylic acids is 2. The molecule has 5 heteroatoms. The summed E-state index contributed by atoms with van der Waals surface area (Å²) in [6.45, 7) is 1.98. The van der Waals surface area contributed by atoms with Crippen molar-refractivity contribution < 1.29 is 14.3 Å². The number of hydrogen-bond acceptors (Lipinski definition) is 3. The van der Waals surface area contributed by atoms with Crippen LogP contribution >= 0.6 is 0 Å². The molecule has 2 amide bonds. The number of hydrogen-bond donors (Lipinski definition) is 1. The van der Waals surface area contributed by atoms with Gasteiger partial charge >= 0.3 is 6.09 Å². The van der Waals surface area contributed by atoms with Gasteiger partial charge in [-0.1, -0.05) is 12.2 Å². The fourth-order valence-electron chi connectivity index (χ4n) is 3.16. The van der Waals surface area contributed by atoms with E-state index >= 15 is 0 Å². The van der Waals surface area contributed by atoms with Gasteiger partial charge in [0.2, 0.25) is 5.91 Å². The summed E-state index contributed by atoms with van der Waals surface area (Å²) in [5.41, 5.74) is -0.360. The molecule has 2 heterocycles. The second-order valence-corrected chi connectivity index (χ2v) is 5.78. The molecule has 0 unspecified atom stereocenters. The minimum Gasteiger partial charge on any atom is -0.441 e. The molecule has 1 spiro atoms. The number of amides is 2. The molecule has 2 saturated heterocycles. The molecule has 19 heavy (non-hydrogen) atoms. The van der Waals surface area contributed by atoms with Gasteiger partial charge in [-0.3, -0.25) is 4.79 Å². The molecule has 1 N–H and O–H groups in total. The normalized spacial score (nSPS) is 28.5. The monoisotopic (exact) mass is 264 g/mol. The van der Waals surface area contributed by atoms with Crippen molar-refractivity contribution in [2.45, 2.75) is 37.7 Å². The Morgan fingerprint density at radius 1 is 1.47 bits per heavy atom. The second-order valence-electron chi connectivity index (χ2n) is 5.78. The first-order valence-corrected chi connectivity index (χ1v) is 7.08. The van der Waals surface area contributed by atoms with Crippen molar-refractivity contribution in [2.24, 2.45) is 5.92 Å². The van der Waals surface area contributed by atoms with Crippen molar-refractivity contribution in [3.8, 4) is 0 Å². The summed E-state index contributed by atoms with van der Waals surface area (Å²) in [4.78, 5) is 25.3. The highest BCUT2D eigenvalue weighted by atomic mass is 16.6. The summed E-state index contributed by atoms with van der Waals surface area (Å²) in [5, 5.41) is 2.71. The lowest BCUT2D eigenvalue weighted by molar-refractivity contribution is -0.135. The van der Waals surface area contributed by atoms with Gasteiger partial charge in [0.15, 0.2) is 0 Å². The fourth-order valence-corrected chi connectivity index (χ4v) is 3.16.